The van der Waals surface area contributed by atoms with Crippen molar-refractivity contribution in [2.75, 3.05) is 6.54 Å². The first-order chi connectivity index (χ1) is 11.6. The fourth-order valence-electron chi connectivity index (χ4n) is 4.50. The number of rotatable bonds is 3. The second-order valence-corrected chi connectivity index (χ2v) is 7.70. The summed E-state index contributed by atoms with van der Waals surface area (Å²) in [7, 11) is 0. The zero-order valence-corrected chi connectivity index (χ0v) is 15.1. The SMILES string of the molecule is CC(C)NC(=S)NC[C@H]1CC2c3ccccc3C1c1ccccc12. The van der Waals surface area contributed by atoms with Crippen LogP contribution in [0.2, 0.25) is 0 Å². The van der Waals surface area contributed by atoms with Crippen LogP contribution in [-0.4, -0.2) is 17.7 Å². The summed E-state index contributed by atoms with van der Waals surface area (Å²) < 4.78 is 0. The predicted octanol–water partition coefficient (Wildman–Crippen LogP) is 4.16. The predicted molar refractivity (Wildman–Crippen MR) is 104 cm³/mol. The molecular formula is C21H24N2S. The summed E-state index contributed by atoms with van der Waals surface area (Å²) in [4.78, 5) is 0. The average molecular weight is 337 g/mol. The third kappa shape index (κ3) is 2.61. The second kappa shape index (κ2) is 6.21. The van der Waals surface area contributed by atoms with Crippen LogP contribution in [0, 0.1) is 5.92 Å². The molecule has 1 atom stereocenters. The lowest BCUT2D eigenvalue weighted by molar-refractivity contribution is 0.354. The molecule has 124 valence electrons. The van der Waals surface area contributed by atoms with Crippen LogP contribution in [0.15, 0.2) is 48.5 Å². The van der Waals surface area contributed by atoms with Gasteiger partial charge in [-0.05, 0) is 60.7 Å². The standard InChI is InChI=1S/C21H24N2S/c1-13(2)23-21(24)22-12-14-11-19-15-7-3-5-9-17(15)20(14)18-10-6-4-8-16(18)19/h3-10,13-14,19-20H,11-12H2,1-2H3,(H2,22,23,24)/t14-,19?,20?/m1/s1. The number of nitrogens with one attached hydrogen (secondary N) is 2. The molecule has 2 aromatic rings. The molecule has 24 heavy (non-hydrogen) atoms. The van der Waals surface area contributed by atoms with Crippen LogP contribution in [-0.2, 0) is 0 Å². The van der Waals surface area contributed by atoms with Crippen molar-refractivity contribution >= 4 is 17.3 Å². The topological polar surface area (TPSA) is 24.1 Å². The van der Waals surface area contributed by atoms with Gasteiger partial charge in [-0.3, -0.25) is 0 Å². The van der Waals surface area contributed by atoms with E-state index in [-0.39, 0.29) is 0 Å². The van der Waals surface area contributed by atoms with E-state index in [9.17, 15) is 0 Å². The second-order valence-electron chi connectivity index (χ2n) is 7.29. The van der Waals surface area contributed by atoms with E-state index in [0.29, 0.717) is 23.8 Å². The molecule has 0 amide bonds. The molecule has 0 saturated carbocycles. The van der Waals surface area contributed by atoms with Crippen LogP contribution in [0.1, 0.15) is 54.4 Å². The maximum Gasteiger partial charge on any atom is 0.166 e. The number of hydrogen-bond acceptors (Lipinski definition) is 1. The lowest BCUT2D eigenvalue weighted by Crippen LogP contribution is -2.44. The lowest BCUT2D eigenvalue weighted by atomic mass is 9.59. The van der Waals surface area contributed by atoms with Gasteiger partial charge >= 0.3 is 0 Å². The first-order valence-corrected chi connectivity index (χ1v) is 9.28. The van der Waals surface area contributed by atoms with E-state index in [1.165, 1.54) is 28.7 Å². The van der Waals surface area contributed by atoms with E-state index in [1.807, 2.05) is 0 Å². The summed E-state index contributed by atoms with van der Waals surface area (Å²) in [6.45, 7) is 5.16. The van der Waals surface area contributed by atoms with E-state index in [0.717, 1.165) is 11.7 Å². The van der Waals surface area contributed by atoms with E-state index >= 15 is 0 Å². The highest BCUT2D eigenvalue weighted by molar-refractivity contribution is 7.80. The first kappa shape index (κ1) is 15.6. The van der Waals surface area contributed by atoms with Crippen LogP contribution in [0.5, 0.6) is 0 Å². The maximum absolute atomic E-state index is 5.42. The Kier molecular flexibility index (Phi) is 4.05. The minimum absolute atomic E-state index is 0.370. The van der Waals surface area contributed by atoms with Crippen molar-refractivity contribution in [2.24, 2.45) is 5.92 Å². The summed E-state index contributed by atoms with van der Waals surface area (Å²) >= 11 is 5.42. The Bertz CT molecular complexity index is 720. The molecule has 5 rings (SSSR count). The molecule has 2 nitrogen and oxygen atoms in total. The van der Waals surface area contributed by atoms with E-state index in [4.69, 9.17) is 12.2 Å². The van der Waals surface area contributed by atoms with E-state index in [1.54, 1.807) is 0 Å². The summed E-state index contributed by atoms with van der Waals surface area (Å²) in [5, 5.41) is 7.51. The van der Waals surface area contributed by atoms with Crippen molar-refractivity contribution in [3.63, 3.8) is 0 Å². The molecule has 2 N–H and O–H groups in total. The molecule has 0 spiro atoms. The lowest BCUT2D eigenvalue weighted by Gasteiger charge is -2.45. The molecule has 0 unspecified atom stereocenters. The molecule has 3 heteroatoms. The molecular weight excluding hydrogens is 312 g/mol. The zero-order chi connectivity index (χ0) is 16.7. The quantitative estimate of drug-likeness (QED) is 0.823. The number of benzene rings is 2. The highest BCUT2D eigenvalue weighted by Crippen LogP contribution is 2.54. The third-order valence-corrected chi connectivity index (χ3v) is 5.63. The minimum Gasteiger partial charge on any atom is -0.362 e. The number of thiocarbonyl (C=S) groups is 1. The van der Waals surface area contributed by atoms with Crippen molar-refractivity contribution in [3.05, 3.63) is 70.8 Å². The van der Waals surface area contributed by atoms with Gasteiger partial charge < -0.3 is 10.6 Å². The highest BCUT2D eigenvalue weighted by Gasteiger charge is 2.42. The molecule has 0 radical (unpaired) electrons. The van der Waals surface area contributed by atoms with Gasteiger partial charge in [0.25, 0.3) is 0 Å². The van der Waals surface area contributed by atoms with E-state index in [2.05, 4.69) is 73.0 Å². The number of fused-ring (bicyclic) bond motifs is 1. The summed E-state index contributed by atoms with van der Waals surface area (Å²) in [5.41, 5.74) is 6.09. The van der Waals surface area contributed by atoms with Crippen molar-refractivity contribution in [1.29, 1.82) is 0 Å². The van der Waals surface area contributed by atoms with E-state index < -0.39 is 0 Å². The molecule has 0 fully saturated rings. The molecule has 0 heterocycles. The third-order valence-electron chi connectivity index (χ3n) is 5.37. The maximum atomic E-state index is 5.42. The Morgan fingerprint density at radius 3 is 2.08 bits per heavy atom. The van der Waals surface area contributed by atoms with Gasteiger partial charge in [-0.2, -0.15) is 0 Å². The van der Waals surface area contributed by atoms with Gasteiger partial charge in [-0.25, -0.2) is 0 Å². The fraction of sp³-hybridized carbons (Fsp3) is 0.381. The van der Waals surface area contributed by atoms with Crippen LogP contribution in [0.3, 0.4) is 0 Å². The van der Waals surface area contributed by atoms with Crippen LogP contribution in [0.25, 0.3) is 0 Å². The van der Waals surface area contributed by atoms with Crippen molar-refractivity contribution in [2.45, 2.75) is 38.1 Å². The Morgan fingerprint density at radius 1 is 1.00 bits per heavy atom. The van der Waals surface area contributed by atoms with Gasteiger partial charge in [-0.15, -0.1) is 0 Å². The zero-order valence-electron chi connectivity index (χ0n) is 14.3. The molecule has 0 saturated heterocycles. The molecule has 3 aliphatic carbocycles. The van der Waals surface area contributed by atoms with Gasteiger partial charge in [0.05, 0.1) is 0 Å². The summed E-state index contributed by atoms with van der Waals surface area (Å²) in [5.74, 6) is 1.60. The minimum atomic E-state index is 0.370. The van der Waals surface area contributed by atoms with Gasteiger partial charge in [0.1, 0.15) is 0 Å². The first-order valence-electron chi connectivity index (χ1n) is 8.87. The Labute approximate surface area is 149 Å². The van der Waals surface area contributed by atoms with Gasteiger partial charge in [0.15, 0.2) is 5.11 Å². The van der Waals surface area contributed by atoms with Gasteiger partial charge in [-0.1, -0.05) is 48.5 Å². The molecule has 2 aromatic carbocycles. The van der Waals surface area contributed by atoms with Crippen LogP contribution in [0.4, 0.5) is 0 Å². The largest absolute Gasteiger partial charge is 0.362 e. The molecule has 3 aliphatic rings. The number of hydrogen-bond donors (Lipinski definition) is 2. The van der Waals surface area contributed by atoms with Crippen molar-refractivity contribution in [3.8, 4) is 0 Å². The van der Waals surface area contributed by atoms with Crippen molar-refractivity contribution in [1.82, 2.24) is 10.6 Å². The fourth-order valence-corrected chi connectivity index (χ4v) is 4.82. The highest BCUT2D eigenvalue weighted by atomic mass is 32.1. The smallest absolute Gasteiger partial charge is 0.166 e. The van der Waals surface area contributed by atoms with Gasteiger partial charge in [0.2, 0.25) is 0 Å². The summed E-state index contributed by atoms with van der Waals surface area (Å²) in [6, 6.07) is 18.4. The van der Waals surface area contributed by atoms with Crippen LogP contribution < -0.4 is 10.6 Å². The Morgan fingerprint density at radius 2 is 1.54 bits per heavy atom. The van der Waals surface area contributed by atoms with Crippen molar-refractivity contribution < 1.29 is 0 Å². The Balaban J connectivity index is 1.63. The molecule has 2 bridgehead atoms. The Hall–Kier alpha value is -1.87. The summed E-state index contributed by atoms with van der Waals surface area (Å²) in [6.07, 6.45) is 1.20. The van der Waals surface area contributed by atoms with Crippen LogP contribution >= 0.6 is 12.2 Å². The monoisotopic (exact) mass is 336 g/mol. The average Bonchev–Trinajstić information content (AvgIpc) is 2.59. The van der Waals surface area contributed by atoms with Gasteiger partial charge in [0, 0.05) is 24.4 Å². The molecule has 0 aromatic heterocycles. The molecule has 0 aliphatic heterocycles. The normalized spacial score (nSPS) is 23.5.